The minimum atomic E-state index is -3.39. The normalized spacial score (nSPS) is 12.6. The van der Waals surface area contributed by atoms with Crippen molar-refractivity contribution in [2.45, 2.75) is 38.6 Å². The van der Waals surface area contributed by atoms with Gasteiger partial charge in [0.15, 0.2) is 0 Å². The van der Waals surface area contributed by atoms with Crippen LogP contribution in [0, 0.1) is 0 Å². The number of benzene rings is 1. The molecule has 0 aromatic heterocycles. The van der Waals surface area contributed by atoms with Crippen molar-refractivity contribution in [1.29, 1.82) is 0 Å². The number of hydrogen-bond donors (Lipinski definition) is 1. The molecule has 4 nitrogen and oxygen atoms in total. The zero-order chi connectivity index (χ0) is 16.1. The smallest absolute Gasteiger partial charge is 0.219 e. The molecule has 0 saturated heterocycles. The molecule has 0 atom stereocenters. The largest absolute Gasteiger partial charge is 0.316 e. The molecule has 1 aromatic rings. The van der Waals surface area contributed by atoms with Crippen LogP contribution in [0.15, 0.2) is 36.9 Å². The highest BCUT2D eigenvalue weighted by Gasteiger charge is 2.31. The third-order valence-corrected chi connectivity index (χ3v) is 5.17. The quantitative estimate of drug-likeness (QED) is 0.787. The Bertz CT molecular complexity index is 574. The van der Waals surface area contributed by atoms with Crippen LogP contribution in [-0.2, 0) is 22.3 Å². The van der Waals surface area contributed by atoms with Gasteiger partial charge in [-0.3, -0.25) is 0 Å². The van der Waals surface area contributed by atoms with Crippen LogP contribution in [0.2, 0.25) is 0 Å². The van der Waals surface area contributed by atoms with Crippen molar-refractivity contribution < 1.29 is 8.42 Å². The molecule has 1 aromatic carbocycles. The molecule has 21 heavy (non-hydrogen) atoms. The molecule has 0 aliphatic heterocycles. The first-order valence-electron chi connectivity index (χ1n) is 7.04. The van der Waals surface area contributed by atoms with Crippen molar-refractivity contribution in [3.8, 4) is 0 Å². The Morgan fingerprint density at radius 3 is 2.43 bits per heavy atom. The fourth-order valence-electron chi connectivity index (χ4n) is 2.24. The number of nitrogens with one attached hydrogen (secondary N) is 1. The van der Waals surface area contributed by atoms with Crippen LogP contribution in [0.3, 0.4) is 0 Å². The van der Waals surface area contributed by atoms with Crippen LogP contribution in [0.4, 0.5) is 0 Å². The summed E-state index contributed by atoms with van der Waals surface area (Å²) in [5.41, 5.74) is 1.42. The predicted octanol–water partition coefficient (Wildman–Crippen LogP) is 2.52. The summed E-state index contributed by atoms with van der Waals surface area (Å²) in [7, 11) is -1.52. The van der Waals surface area contributed by atoms with Gasteiger partial charge in [0.05, 0.1) is 5.75 Å². The summed E-state index contributed by atoms with van der Waals surface area (Å²) in [5.74, 6) is 0.00959. The molecule has 0 aliphatic carbocycles. The molecular weight excluding hydrogens is 284 g/mol. The van der Waals surface area contributed by atoms with Crippen molar-refractivity contribution in [2.24, 2.45) is 0 Å². The van der Waals surface area contributed by atoms with E-state index in [2.05, 4.69) is 11.9 Å². The average Bonchev–Trinajstić information content (AvgIpc) is 2.34. The Balaban J connectivity index is 3.02. The second-order valence-corrected chi connectivity index (χ2v) is 7.99. The lowest BCUT2D eigenvalue weighted by Crippen LogP contribution is -2.46. The van der Waals surface area contributed by atoms with E-state index in [9.17, 15) is 8.42 Å². The average molecular weight is 310 g/mol. The molecule has 0 unspecified atom stereocenters. The maximum absolute atomic E-state index is 12.7. The van der Waals surface area contributed by atoms with Crippen LogP contribution >= 0.6 is 0 Å². The molecule has 0 bridgehead atoms. The lowest BCUT2D eigenvalue weighted by Gasteiger charge is -2.33. The second kappa shape index (κ2) is 7.20. The van der Waals surface area contributed by atoms with E-state index in [0.29, 0.717) is 6.54 Å². The first-order valence-corrected chi connectivity index (χ1v) is 8.65. The van der Waals surface area contributed by atoms with Crippen LogP contribution in [0.1, 0.15) is 31.9 Å². The predicted molar refractivity (Wildman–Crippen MR) is 88.5 cm³/mol. The molecule has 0 saturated carbocycles. The van der Waals surface area contributed by atoms with E-state index in [4.69, 9.17) is 0 Å². The van der Waals surface area contributed by atoms with Crippen LogP contribution in [0.25, 0.3) is 0 Å². The molecule has 1 N–H and O–H groups in total. The SMILES string of the molecule is C=CCN(C(C)(C)C)S(=O)(=O)Cc1cccc(CNC)c1. The van der Waals surface area contributed by atoms with Gasteiger partial charge in [-0.1, -0.05) is 30.3 Å². The highest BCUT2D eigenvalue weighted by Crippen LogP contribution is 2.21. The lowest BCUT2D eigenvalue weighted by molar-refractivity contribution is 0.269. The fourth-order valence-corrected chi connectivity index (χ4v) is 4.17. The van der Waals surface area contributed by atoms with E-state index in [0.717, 1.165) is 17.7 Å². The van der Waals surface area contributed by atoms with Crippen molar-refractivity contribution in [3.05, 3.63) is 48.0 Å². The van der Waals surface area contributed by atoms with E-state index in [-0.39, 0.29) is 5.75 Å². The fraction of sp³-hybridized carbons (Fsp3) is 0.500. The number of hydrogen-bond acceptors (Lipinski definition) is 3. The first-order chi connectivity index (χ1) is 9.70. The molecule has 0 radical (unpaired) electrons. The standard InChI is InChI=1S/C16H26N2O2S/c1-6-10-18(16(2,3)4)21(19,20)13-15-9-7-8-14(11-15)12-17-5/h6-9,11,17H,1,10,12-13H2,2-5H3. The van der Waals surface area contributed by atoms with Gasteiger partial charge in [0, 0.05) is 18.6 Å². The molecule has 0 heterocycles. The Morgan fingerprint density at radius 2 is 1.90 bits per heavy atom. The number of rotatable bonds is 7. The van der Waals surface area contributed by atoms with Crippen molar-refractivity contribution in [1.82, 2.24) is 9.62 Å². The van der Waals surface area contributed by atoms with Gasteiger partial charge in [-0.05, 0) is 38.9 Å². The molecule has 118 valence electrons. The highest BCUT2D eigenvalue weighted by atomic mass is 32.2. The van der Waals surface area contributed by atoms with Crippen LogP contribution in [0.5, 0.6) is 0 Å². The third-order valence-electron chi connectivity index (χ3n) is 3.10. The van der Waals surface area contributed by atoms with E-state index < -0.39 is 15.6 Å². The summed E-state index contributed by atoms with van der Waals surface area (Å²) in [6.07, 6.45) is 1.63. The Kier molecular flexibility index (Phi) is 6.13. The van der Waals surface area contributed by atoms with Gasteiger partial charge < -0.3 is 5.32 Å². The minimum absolute atomic E-state index is 0.00959. The van der Waals surface area contributed by atoms with Crippen LogP contribution in [-0.4, -0.2) is 31.9 Å². The second-order valence-electron chi connectivity index (χ2n) is 6.10. The van der Waals surface area contributed by atoms with E-state index in [1.165, 1.54) is 4.31 Å². The van der Waals surface area contributed by atoms with Crippen LogP contribution < -0.4 is 5.32 Å². The number of sulfonamides is 1. The monoisotopic (exact) mass is 310 g/mol. The molecule has 0 amide bonds. The topological polar surface area (TPSA) is 49.4 Å². The Labute approximate surface area is 128 Å². The van der Waals surface area contributed by atoms with Crippen molar-refractivity contribution >= 4 is 10.0 Å². The maximum Gasteiger partial charge on any atom is 0.219 e. The zero-order valence-electron chi connectivity index (χ0n) is 13.4. The molecule has 0 fully saturated rings. The maximum atomic E-state index is 12.7. The van der Waals surface area contributed by atoms with Gasteiger partial charge >= 0.3 is 0 Å². The summed E-state index contributed by atoms with van der Waals surface area (Å²) in [6, 6.07) is 7.67. The Morgan fingerprint density at radius 1 is 1.29 bits per heavy atom. The molecule has 1 rings (SSSR count). The Hall–Kier alpha value is -1.17. The van der Waals surface area contributed by atoms with Gasteiger partial charge in [0.2, 0.25) is 10.0 Å². The van der Waals surface area contributed by atoms with Gasteiger partial charge in [-0.15, -0.1) is 6.58 Å². The van der Waals surface area contributed by atoms with E-state index >= 15 is 0 Å². The summed E-state index contributed by atoms with van der Waals surface area (Å²) in [4.78, 5) is 0. The third kappa shape index (κ3) is 5.26. The minimum Gasteiger partial charge on any atom is -0.316 e. The van der Waals surface area contributed by atoms with E-state index in [1.807, 2.05) is 52.1 Å². The van der Waals surface area contributed by atoms with Gasteiger partial charge in [0.25, 0.3) is 0 Å². The number of nitrogens with zero attached hydrogens (tertiary/aromatic N) is 1. The van der Waals surface area contributed by atoms with Gasteiger partial charge in [0.1, 0.15) is 0 Å². The molecule has 0 aliphatic rings. The zero-order valence-corrected chi connectivity index (χ0v) is 14.2. The first kappa shape index (κ1) is 17.9. The van der Waals surface area contributed by atoms with Gasteiger partial charge in [-0.2, -0.15) is 4.31 Å². The summed E-state index contributed by atoms with van der Waals surface area (Å²) in [6.45, 7) is 10.4. The van der Waals surface area contributed by atoms with Gasteiger partial charge in [-0.25, -0.2) is 8.42 Å². The van der Waals surface area contributed by atoms with E-state index in [1.54, 1.807) is 6.08 Å². The summed E-state index contributed by atoms with van der Waals surface area (Å²) >= 11 is 0. The summed E-state index contributed by atoms with van der Waals surface area (Å²) in [5, 5.41) is 3.07. The molecule has 5 heteroatoms. The highest BCUT2D eigenvalue weighted by molar-refractivity contribution is 7.88. The van der Waals surface area contributed by atoms with Crippen molar-refractivity contribution in [3.63, 3.8) is 0 Å². The molecule has 0 spiro atoms. The van der Waals surface area contributed by atoms with Crippen molar-refractivity contribution in [2.75, 3.05) is 13.6 Å². The lowest BCUT2D eigenvalue weighted by atomic mass is 10.1. The summed E-state index contributed by atoms with van der Waals surface area (Å²) < 4.78 is 26.8. The molecular formula is C16H26N2O2S.